The summed E-state index contributed by atoms with van der Waals surface area (Å²) >= 11 is 1.42. The van der Waals surface area contributed by atoms with Gasteiger partial charge in [0.1, 0.15) is 5.82 Å². The summed E-state index contributed by atoms with van der Waals surface area (Å²) in [6.45, 7) is 4.71. The topological polar surface area (TPSA) is 93.3 Å². The highest BCUT2D eigenvalue weighted by Gasteiger charge is 2.31. The summed E-state index contributed by atoms with van der Waals surface area (Å²) in [7, 11) is 1.58. The molecule has 0 saturated carbocycles. The van der Waals surface area contributed by atoms with E-state index >= 15 is 0 Å². The maximum Gasteiger partial charge on any atom is 0.257 e. The molecule has 8 heteroatoms. The number of benzene rings is 2. The van der Waals surface area contributed by atoms with E-state index in [1.165, 1.54) is 11.8 Å². The maximum absolute atomic E-state index is 13.1. The SMILES string of the molecule is COc1cc([C@@H]2CC(=O)Nc3nc(SCc4ccccc4)[nH]c(=O)c32)ccc1OCC(C)C. The van der Waals surface area contributed by atoms with E-state index in [0.717, 1.165) is 11.1 Å². The fourth-order valence-electron chi connectivity index (χ4n) is 3.71. The molecule has 1 amide bonds. The Hall–Kier alpha value is -3.26. The number of carbonyl (C=O) groups excluding carboxylic acids is 1. The molecule has 0 aliphatic carbocycles. The van der Waals surface area contributed by atoms with Crippen LogP contribution in [-0.2, 0) is 10.5 Å². The molecule has 0 fully saturated rings. The van der Waals surface area contributed by atoms with E-state index in [0.29, 0.717) is 46.3 Å². The molecule has 1 aromatic heterocycles. The number of carbonyl (C=O) groups is 1. The van der Waals surface area contributed by atoms with E-state index in [1.807, 2.05) is 48.5 Å². The molecular weight excluding hydrogens is 438 g/mol. The molecule has 4 rings (SSSR count). The first-order valence-corrected chi connectivity index (χ1v) is 11.8. The van der Waals surface area contributed by atoms with Crippen molar-refractivity contribution < 1.29 is 14.3 Å². The fourth-order valence-corrected chi connectivity index (χ4v) is 4.52. The van der Waals surface area contributed by atoms with E-state index in [2.05, 4.69) is 29.1 Å². The van der Waals surface area contributed by atoms with E-state index in [4.69, 9.17) is 9.47 Å². The van der Waals surface area contributed by atoms with Gasteiger partial charge in [0.2, 0.25) is 5.91 Å². The second-order valence-electron chi connectivity index (χ2n) is 8.33. The molecule has 1 aliphatic rings. The van der Waals surface area contributed by atoms with Gasteiger partial charge in [-0.05, 0) is 29.2 Å². The van der Waals surface area contributed by atoms with Crippen LogP contribution in [0.3, 0.4) is 0 Å². The van der Waals surface area contributed by atoms with Crippen LogP contribution in [0.5, 0.6) is 11.5 Å². The number of aromatic nitrogens is 2. The zero-order valence-corrected chi connectivity index (χ0v) is 19.7. The average molecular weight is 466 g/mol. The molecule has 2 heterocycles. The second kappa shape index (κ2) is 10.1. The largest absolute Gasteiger partial charge is 0.493 e. The lowest BCUT2D eigenvalue weighted by Crippen LogP contribution is -2.31. The quantitative estimate of drug-likeness (QED) is 0.374. The fraction of sp³-hybridized carbons (Fsp3) is 0.320. The van der Waals surface area contributed by atoms with Crippen LogP contribution < -0.4 is 20.3 Å². The van der Waals surface area contributed by atoms with Crippen molar-refractivity contribution >= 4 is 23.5 Å². The number of nitrogens with zero attached hydrogens (tertiary/aromatic N) is 1. The minimum absolute atomic E-state index is 0.156. The van der Waals surface area contributed by atoms with Gasteiger partial charge >= 0.3 is 0 Å². The molecule has 1 atom stereocenters. The number of hydrogen-bond acceptors (Lipinski definition) is 6. The first-order chi connectivity index (χ1) is 15.9. The molecule has 0 saturated heterocycles. The van der Waals surface area contributed by atoms with Crippen molar-refractivity contribution in [3.8, 4) is 11.5 Å². The standard InChI is InChI=1S/C25H27N3O4S/c1-15(2)13-32-19-10-9-17(11-20(19)31-3)18-12-21(29)26-23-22(18)24(30)28-25(27-23)33-14-16-7-5-4-6-8-16/h4-11,15,18H,12-14H2,1-3H3,(H2,26,27,28,29,30)/t18-/m0/s1. The third-order valence-electron chi connectivity index (χ3n) is 5.31. The first-order valence-electron chi connectivity index (χ1n) is 10.9. The van der Waals surface area contributed by atoms with Crippen molar-refractivity contribution in [1.82, 2.24) is 9.97 Å². The van der Waals surface area contributed by atoms with Gasteiger partial charge in [-0.15, -0.1) is 0 Å². The molecular formula is C25H27N3O4S. The van der Waals surface area contributed by atoms with Gasteiger partial charge in [-0.3, -0.25) is 9.59 Å². The van der Waals surface area contributed by atoms with Crippen LogP contribution in [0.25, 0.3) is 0 Å². The average Bonchev–Trinajstić information content (AvgIpc) is 2.81. The third kappa shape index (κ3) is 5.39. The molecule has 3 aromatic rings. The number of nitrogens with one attached hydrogen (secondary N) is 2. The van der Waals surface area contributed by atoms with Crippen molar-refractivity contribution in [1.29, 1.82) is 0 Å². The lowest BCUT2D eigenvalue weighted by Gasteiger charge is -2.25. The van der Waals surface area contributed by atoms with Gasteiger partial charge in [0.05, 0.1) is 19.3 Å². The zero-order valence-electron chi connectivity index (χ0n) is 18.9. The van der Waals surface area contributed by atoms with E-state index < -0.39 is 5.92 Å². The summed E-state index contributed by atoms with van der Waals surface area (Å²) in [6, 6.07) is 15.5. The molecule has 7 nitrogen and oxygen atoms in total. The third-order valence-corrected chi connectivity index (χ3v) is 6.25. The summed E-state index contributed by atoms with van der Waals surface area (Å²) < 4.78 is 11.4. The van der Waals surface area contributed by atoms with Crippen molar-refractivity contribution in [3.63, 3.8) is 0 Å². The number of hydrogen-bond donors (Lipinski definition) is 2. The Bertz CT molecular complexity index is 1190. The van der Waals surface area contributed by atoms with Gasteiger partial charge in [-0.25, -0.2) is 4.98 Å². The van der Waals surface area contributed by atoms with E-state index in [9.17, 15) is 9.59 Å². The molecule has 2 N–H and O–H groups in total. The number of anilines is 1. The van der Waals surface area contributed by atoms with Gasteiger partial charge in [0, 0.05) is 18.1 Å². The van der Waals surface area contributed by atoms with Crippen LogP contribution in [0.2, 0.25) is 0 Å². The molecule has 0 radical (unpaired) electrons. The Balaban J connectivity index is 1.63. The Kier molecular flexibility index (Phi) is 7.03. The summed E-state index contributed by atoms with van der Waals surface area (Å²) in [5.41, 5.74) is 2.13. The number of methoxy groups -OCH3 is 1. The smallest absolute Gasteiger partial charge is 0.257 e. The number of rotatable bonds is 8. The molecule has 33 heavy (non-hydrogen) atoms. The summed E-state index contributed by atoms with van der Waals surface area (Å²) in [5, 5.41) is 3.24. The molecule has 172 valence electrons. The van der Waals surface area contributed by atoms with Crippen LogP contribution in [0, 0.1) is 5.92 Å². The predicted octanol–water partition coefficient (Wildman–Crippen LogP) is 4.58. The van der Waals surface area contributed by atoms with Crippen molar-refractivity contribution in [2.24, 2.45) is 5.92 Å². The van der Waals surface area contributed by atoms with Gasteiger partial charge in [0.25, 0.3) is 5.56 Å². The van der Waals surface area contributed by atoms with Gasteiger partial charge in [-0.1, -0.05) is 62.0 Å². The van der Waals surface area contributed by atoms with Crippen LogP contribution in [-0.4, -0.2) is 29.6 Å². The number of H-pyrrole nitrogens is 1. The molecule has 1 aliphatic heterocycles. The molecule has 0 spiro atoms. The van der Waals surface area contributed by atoms with Gasteiger partial charge < -0.3 is 19.8 Å². The van der Waals surface area contributed by atoms with Crippen molar-refractivity contribution in [3.05, 3.63) is 75.6 Å². The summed E-state index contributed by atoms with van der Waals surface area (Å²) in [4.78, 5) is 33.0. The minimum Gasteiger partial charge on any atom is -0.493 e. The van der Waals surface area contributed by atoms with Crippen LogP contribution in [0.4, 0.5) is 5.82 Å². The lowest BCUT2D eigenvalue weighted by molar-refractivity contribution is -0.116. The van der Waals surface area contributed by atoms with Crippen LogP contribution >= 0.6 is 11.8 Å². The van der Waals surface area contributed by atoms with E-state index in [-0.39, 0.29) is 17.9 Å². The van der Waals surface area contributed by atoms with E-state index in [1.54, 1.807) is 7.11 Å². The number of fused-ring (bicyclic) bond motifs is 1. The van der Waals surface area contributed by atoms with Crippen molar-refractivity contribution in [2.45, 2.75) is 37.1 Å². The van der Waals surface area contributed by atoms with Crippen molar-refractivity contribution in [2.75, 3.05) is 19.0 Å². The molecule has 2 aromatic carbocycles. The maximum atomic E-state index is 13.1. The predicted molar refractivity (Wildman–Crippen MR) is 129 cm³/mol. The summed E-state index contributed by atoms with van der Waals surface area (Å²) in [5.74, 6) is 1.95. The Labute approximate surface area is 196 Å². The van der Waals surface area contributed by atoms with Crippen LogP contribution in [0.15, 0.2) is 58.5 Å². The molecule has 0 unspecified atom stereocenters. The zero-order chi connectivity index (χ0) is 23.4. The summed E-state index contributed by atoms with van der Waals surface area (Å²) in [6.07, 6.45) is 0.156. The monoisotopic (exact) mass is 465 g/mol. The highest BCUT2D eigenvalue weighted by atomic mass is 32.2. The van der Waals surface area contributed by atoms with Gasteiger partial charge in [-0.2, -0.15) is 0 Å². The number of thioether (sulfide) groups is 1. The van der Waals surface area contributed by atoms with Gasteiger partial charge in [0.15, 0.2) is 16.7 Å². The second-order valence-corrected chi connectivity index (χ2v) is 9.29. The Morgan fingerprint density at radius 3 is 2.64 bits per heavy atom. The highest BCUT2D eigenvalue weighted by Crippen LogP contribution is 2.38. The number of amides is 1. The lowest BCUT2D eigenvalue weighted by atomic mass is 9.86. The van der Waals surface area contributed by atoms with Crippen LogP contribution in [0.1, 0.15) is 42.9 Å². The Morgan fingerprint density at radius 2 is 1.91 bits per heavy atom. The molecule has 0 bridgehead atoms. The highest BCUT2D eigenvalue weighted by molar-refractivity contribution is 7.98. The normalized spacial score (nSPS) is 15.2. The Morgan fingerprint density at radius 1 is 1.12 bits per heavy atom. The first kappa shape index (κ1) is 22.9. The number of aromatic amines is 1. The minimum atomic E-state index is -0.425. The number of ether oxygens (including phenoxy) is 2.